The third kappa shape index (κ3) is 7.57. The van der Waals surface area contributed by atoms with Crippen LogP contribution < -0.4 is 10.6 Å². The lowest BCUT2D eigenvalue weighted by Crippen LogP contribution is -2.33. The van der Waals surface area contributed by atoms with Crippen LogP contribution in [-0.4, -0.2) is 85.3 Å². The van der Waals surface area contributed by atoms with Gasteiger partial charge in [-0.2, -0.15) is 0 Å². The Morgan fingerprint density at radius 2 is 2.00 bits per heavy atom. The maximum absolute atomic E-state index is 12.4. The first-order chi connectivity index (χ1) is 17.1. The highest BCUT2D eigenvalue weighted by atomic mass is 16.6. The fraction of sp³-hybridized carbons (Fsp3) is 0.636. The Morgan fingerprint density at radius 1 is 1.22 bits per heavy atom. The highest BCUT2D eigenvalue weighted by Gasteiger charge is 2.35. The van der Waals surface area contributed by atoms with Gasteiger partial charge in [-0.15, -0.1) is 0 Å². The summed E-state index contributed by atoms with van der Waals surface area (Å²) in [7, 11) is 0. The predicted molar refractivity (Wildman–Crippen MR) is 125 cm³/mol. The molecule has 2 aromatic heterocycles. The lowest BCUT2D eigenvalue weighted by molar-refractivity contribution is -0.144. The van der Waals surface area contributed by atoms with Crippen molar-refractivity contribution in [2.45, 2.75) is 70.5 Å². The topological polar surface area (TPSA) is 187 Å². The van der Waals surface area contributed by atoms with Gasteiger partial charge in [-0.1, -0.05) is 0 Å². The maximum Gasteiger partial charge on any atom is 0.407 e. The van der Waals surface area contributed by atoms with Crippen LogP contribution in [0.5, 0.6) is 0 Å². The molecule has 1 fully saturated rings. The Hall–Kier alpha value is -3.36. The molecule has 1 aliphatic heterocycles. The van der Waals surface area contributed by atoms with Gasteiger partial charge in [0.25, 0.3) is 0 Å². The van der Waals surface area contributed by atoms with E-state index in [0.29, 0.717) is 17.6 Å². The van der Waals surface area contributed by atoms with E-state index in [1.54, 1.807) is 25.3 Å². The van der Waals surface area contributed by atoms with E-state index in [9.17, 15) is 24.6 Å². The fourth-order valence-electron chi connectivity index (χ4n) is 3.45. The predicted octanol–water partition coefficient (Wildman–Crippen LogP) is 0.644. The lowest BCUT2D eigenvalue weighted by Gasteiger charge is -2.19. The van der Waals surface area contributed by atoms with Gasteiger partial charge in [-0.25, -0.2) is 19.7 Å². The molecule has 14 heteroatoms. The van der Waals surface area contributed by atoms with Gasteiger partial charge < -0.3 is 35.1 Å². The summed E-state index contributed by atoms with van der Waals surface area (Å²) >= 11 is 0. The Morgan fingerprint density at radius 3 is 2.69 bits per heavy atom. The number of hydrogen-bond acceptors (Lipinski definition) is 11. The SMILES string of the molecule is CC(C)(C)OC(=O)NCCCOC(=O)CCC(=O)Nc1ncnc2c1ncn2C1C[C@@H](O)C(CO)O1. The van der Waals surface area contributed by atoms with Crippen molar-refractivity contribution >= 4 is 35.0 Å². The number of esters is 1. The molecule has 2 unspecified atom stereocenters. The van der Waals surface area contributed by atoms with Crippen molar-refractivity contribution in [1.29, 1.82) is 0 Å². The number of fused-ring (bicyclic) bond motifs is 1. The van der Waals surface area contributed by atoms with Gasteiger partial charge in [0.15, 0.2) is 17.0 Å². The van der Waals surface area contributed by atoms with Crippen LogP contribution in [0.4, 0.5) is 10.6 Å². The van der Waals surface area contributed by atoms with E-state index in [-0.39, 0.29) is 44.8 Å². The molecule has 0 radical (unpaired) electrons. The van der Waals surface area contributed by atoms with E-state index in [1.807, 2.05) is 0 Å². The van der Waals surface area contributed by atoms with E-state index in [0.717, 1.165) is 0 Å². The zero-order valence-electron chi connectivity index (χ0n) is 20.5. The first-order valence-corrected chi connectivity index (χ1v) is 11.6. The second kappa shape index (κ2) is 12.1. The molecule has 0 spiro atoms. The quantitative estimate of drug-likeness (QED) is 0.260. The molecule has 2 aromatic rings. The van der Waals surface area contributed by atoms with Crippen molar-refractivity contribution in [3.05, 3.63) is 12.7 Å². The molecule has 3 atom stereocenters. The highest BCUT2D eigenvalue weighted by Crippen LogP contribution is 2.31. The zero-order chi connectivity index (χ0) is 26.3. The molecule has 0 bridgehead atoms. The number of aromatic nitrogens is 4. The fourth-order valence-corrected chi connectivity index (χ4v) is 3.45. The number of carbonyl (C=O) groups is 3. The van der Waals surface area contributed by atoms with Crippen LogP contribution >= 0.6 is 0 Å². The van der Waals surface area contributed by atoms with Crippen LogP contribution in [0.3, 0.4) is 0 Å². The number of aliphatic hydroxyl groups is 2. The number of rotatable bonds is 10. The second-order valence-corrected chi connectivity index (χ2v) is 9.21. The number of amides is 2. The minimum atomic E-state index is -0.820. The molecule has 0 saturated carbocycles. The third-order valence-electron chi connectivity index (χ3n) is 5.12. The van der Waals surface area contributed by atoms with E-state index in [2.05, 4.69) is 25.6 Å². The Kier molecular flexibility index (Phi) is 9.12. The molecule has 14 nitrogen and oxygen atoms in total. The zero-order valence-corrected chi connectivity index (χ0v) is 20.5. The summed E-state index contributed by atoms with van der Waals surface area (Å²) in [5, 5.41) is 24.4. The largest absolute Gasteiger partial charge is 0.466 e. The molecule has 0 aliphatic carbocycles. The number of nitrogens with one attached hydrogen (secondary N) is 2. The number of nitrogens with zero attached hydrogens (tertiary/aromatic N) is 4. The molecule has 1 aliphatic rings. The second-order valence-electron chi connectivity index (χ2n) is 9.21. The molecule has 4 N–H and O–H groups in total. The van der Waals surface area contributed by atoms with E-state index in [1.165, 1.54) is 12.7 Å². The molecule has 3 rings (SSSR count). The number of imidazole rings is 1. The smallest absolute Gasteiger partial charge is 0.407 e. The van der Waals surface area contributed by atoms with Crippen molar-refractivity contribution in [3.63, 3.8) is 0 Å². The van der Waals surface area contributed by atoms with Crippen LogP contribution in [0, 0.1) is 0 Å². The summed E-state index contributed by atoms with van der Waals surface area (Å²) in [6.45, 7) is 5.34. The number of hydrogen-bond donors (Lipinski definition) is 4. The molecular weight excluding hydrogens is 476 g/mol. The van der Waals surface area contributed by atoms with Gasteiger partial charge in [-0.3, -0.25) is 14.2 Å². The minimum Gasteiger partial charge on any atom is -0.466 e. The van der Waals surface area contributed by atoms with Crippen LogP contribution in [0.2, 0.25) is 0 Å². The lowest BCUT2D eigenvalue weighted by atomic mass is 10.2. The normalized spacial score (nSPS) is 19.8. The van der Waals surface area contributed by atoms with Crippen LogP contribution in [-0.2, 0) is 23.8 Å². The van der Waals surface area contributed by atoms with Crippen LogP contribution in [0.25, 0.3) is 11.2 Å². The molecule has 0 aromatic carbocycles. The molecule has 198 valence electrons. The van der Waals surface area contributed by atoms with Gasteiger partial charge >= 0.3 is 12.1 Å². The van der Waals surface area contributed by atoms with E-state index < -0.39 is 42.0 Å². The average molecular weight is 509 g/mol. The Balaban J connectivity index is 1.42. The standard InChI is InChI=1S/C22H32N6O8/c1-22(2,3)36-21(33)23-7-4-8-34-17(32)6-5-15(31)27-19-18-20(25-11-24-19)28(12-26-18)16-9-13(30)14(10-29)35-16/h11-14,16,29-30H,4-10H2,1-3H3,(H,23,33)(H,24,25,27,31)/t13-,14?,16?/m1/s1. The van der Waals surface area contributed by atoms with Crippen molar-refractivity contribution < 1.29 is 38.8 Å². The van der Waals surface area contributed by atoms with Crippen molar-refractivity contribution in [2.75, 3.05) is 25.1 Å². The van der Waals surface area contributed by atoms with Crippen LogP contribution in [0.1, 0.15) is 52.7 Å². The Labute approximate surface area is 207 Å². The monoisotopic (exact) mass is 508 g/mol. The van der Waals surface area contributed by atoms with Gasteiger partial charge in [0.2, 0.25) is 5.91 Å². The summed E-state index contributed by atoms with van der Waals surface area (Å²) in [6, 6.07) is 0. The van der Waals surface area contributed by atoms with E-state index in [4.69, 9.17) is 14.2 Å². The van der Waals surface area contributed by atoms with E-state index >= 15 is 0 Å². The minimum absolute atomic E-state index is 0.0926. The number of carbonyl (C=O) groups excluding carboxylic acids is 3. The van der Waals surface area contributed by atoms with Gasteiger partial charge in [0.1, 0.15) is 24.3 Å². The summed E-state index contributed by atoms with van der Waals surface area (Å²) in [5.74, 6) is -0.835. The summed E-state index contributed by atoms with van der Waals surface area (Å²) in [6.07, 6.45) is 0.467. The Bertz CT molecular complexity index is 1070. The van der Waals surface area contributed by atoms with Crippen LogP contribution in [0.15, 0.2) is 12.7 Å². The van der Waals surface area contributed by atoms with Gasteiger partial charge in [0, 0.05) is 19.4 Å². The summed E-state index contributed by atoms with van der Waals surface area (Å²) in [5.41, 5.74) is 0.110. The number of aliphatic hydroxyl groups excluding tert-OH is 2. The number of anilines is 1. The van der Waals surface area contributed by atoms with Crippen molar-refractivity contribution in [1.82, 2.24) is 24.8 Å². The van der Waals surface area contributed by atoms with Gasteiger partial charge in [-0.05, 0) is 27.2 Å². The number of ether oxygens (including phenoxy) is 3. The highest BCUT2D eigenvalue weighted by molar-refractivity contribution is 5.97. The maximum atomic E-state index is 12.4. The molecule has 3 heterocycles. The molecule has 1 saturated heterocycles. The molecule has 2 amide bonds. The van der Waals surface area contributed by atoms with Gasteiger partial charge in [0.05, 0.1) is 32.1 Å². The molecule has 36 heavy (non-hydrogen) atoms. The first kappa shape index (κ1) is 27.2. The summed E-state index contributed by atoms with van der Waals surface area (Å²) in [4.78, 5) is 48.3. The average Bonchev–Trinajstić information content (AvgIpc) is 3.40. The molecular formula is C22H32N6O8. The van der Waals surface area contributed by atoms with Crippen molar-refractivity contribution in [2.24, 2.45) is 0 Å². The van der Waals surface area contributed by atoms with Crippen molar-refractivity contribution in [3.8, 4) is 0 Å². The number of alkyl carbamates (subject to hydrolysis) is 1. The summed E-state index contributed by atoms with van der Waals surface area (Å²) < 4.78 is 17.4. The third-order valence-corrected chi connectivity index (χ3v) is 5.12. The first-order valence-electron chi connectivity index (χ1n) is 11.6.